The number of nitrogens with one attached hydrogen (secondary N) is 1. The Morgan fingerprint density at radius 3 is 2.60 bits per heavy atom. The van der Waals surface area contributed by atoms with Gasteiger partial charge in [0.25, 0.3) is 0 Å². The average Bonchev–Trinajstić information content (AvgIpc) is 3.04. The van der Waals surface area contributed by atoms with E-state index in [0.717, 1.165) is 24.3 Å². The second-order valence-electron chi connectivity index (χ2n) is 5.68. The molecule has 0 radical (unpaired) electrons. The minimum absolute atomic E-state index is 0.461. The molecule has 15 heavy (non-hydrogen) atoms. The van der Waals surface area contributed by atoms with E-state index in [2.05, 4.69) is 12.2 Å². The fourth-order valence-electron chi connectivity index (χ4n) is 2.82. The Morgan fingerprint density at radius 1 is 1.20 bits per heavy atom. The smallest absolute Gasteiger partial charge is 0.00792 e. The highest BCUT2D eigenvalue weighted by Crippen LogP contribution is 2.36. The van der Waals surface area contributed by atoms with Crippen molar-refractivity contribution in [2.45, 2.75) is 51.5 Å². The summed E-state index contributed by atoms with van der Waals surface area (Å²) >= 11 is 0. The molecule has 2 heteroatoms. The largest absolute Gasteiger partial charge is 0.327 e. The zero-order chi connectivity index (χ0) is 10.7. The second kappa shape index (κ2) is 5.31. The lowest BCUT2D eigenvalue weighted by Gasteiger charge is -2.29. The van der Waals surface area contributed by atoms with E-state index >= 15 is 0 Å². The van der Waals surface area contributed by atoms with Crippen LogP contribution in [-0.4, -0.2) is 19.1 Å². The van der Waals surface area contributed by atoms with Crippen LogP contribution in [0, 0.1) is 17.8 Å². The summed E-state index contributed by atoms with van der Waals surface area (Å²) in [7, 11) is 0. The molecule has 0 amide bonds. The third kappa shape index (κ3) is 3.46. The van der Waals surface area contributed by atoms with Gasteiger partial charge in [0.05, 0.1) is 0 Å². The third-order valence-corrected chi connectivity index (χ3v) is 4.27. The Labute approximate surface area is 94.0 Å². The van der Waals surface area contributed by atoms with Gasteiger partial charge in [0.1, 0.15) is 0 Å². The fraction of sp³-hybridized carbons (Fsp3) is 1.00. The Morgan fingerprint density at radius 2 is 1.93 bits per heavy atom. The predicted octanol–water partition coefficient (Wildman–Crippen LogP) is 2.14. The lowest BCUT2D eigenvalue weighted by atomic mass is 9.85. The van der Waals surface area contributed by atoms with Crippen molar-refractivity contribution in [1.29, 1.82) is 0 Å². The normalized spacial score (nSPS) is 34.0. The van der Waals surface area contributed by atoms with Gasteiger partial charge in [0, 0.05) is 6.04 Å². The molecule has 0 bridgehead atoms. The Kier molecular flexibility index (Phi) is 4.04. The number of nitrogens with two attached hydrogens (primary N) is 1. The molecule has 2 nitrogen and oxygen atoms in total. The molecule has 88 valence electrons. The van der Waals surface area contributed by atoms with Crippen molar-refractivity contribution in [3.8, 4) is 0 Å². The van der Waals surface area contributed by atoms with E-state index in [0.29, 0.717) is 6.04 Å². The van der Waals surface area contributed by atoms with Crippen LogP contribution >= 0.6 is 0 Å². The van der Waals surface area contributed by atoms with E-state index in [1.165, 1.54) is 45.1 Å². The minimum atomic E-state index is 0.461. The summed E-state index contributed by atoms with van der Waals surface area (Å²) in [4.78, 5) is 0. The first-order chi connectivity index (χ1) is 7.27. The first-order valence-electron chi connectivity index (χ1n) is 6.73. The molecular formula is C13H26N2. The predicted molar refractivity (Wildman–Crippen MR) is 64.7 cm³/mol. The lowest BCUT2D eigenvalue weighted by Crippen LogP contribution is -2.40. The molecule has 3 unspecified atom stereocenters. The highest BCUT2D eigenvalue weighted by molar-refractivity contribution is 4.82. The molecule has 2 fully saturated rings. The number of hydrogen-bond acceptors (Lipinski definition) is 2. The summed E-state index contributed by atoms with van der Waals surface area (Å²) in [5.74, 6) is 2.65. The van der Waals surface area contributed by atoms with E-state index in [1.807, 2.05) is 0 Å². The molecule has 2 saturated carbocycles. The molecule has 0 aliphatic heterocycles. The zero-order valence-corrected chi connectivity index (χ0v) is 10.0. The highest BCUT2D eigenvalue weighted by atomic mass is 14.9. The van der Waals surface area contributed by atoms with E-state index in [4.69, 9.17) is 5.73 Å². The molecule has 0 heterocycles. The summed E-state index contributed by atoms with van der Waals surface area (Å²) in [6.45, 7) is 4.73. The zero-order valence-electron chi connectivity index (χ0n) is 10.0. The maximum absolute atomic E-state index is 6.13. The van der Waals surface area contributed by atoms with Crippen molar-refractivity contribution in [2.24, 2.45) is 23.5 Å². The van der Waals surface area contributed by atoms with E-state index in [9.17, 15) is 0 Å². The van der Waals surface area contributed by atoms with Crippen LogP contribution in [0.4, 0.5) is 0 Å². The summed E-state index contributed by atoms with van der Waals surface area (Å²) in [6, 6.07) is 0.461. The van der Waals surface area contributed by atoms with Crippen LogP contribution in [-0.2, 0) is 0 Å². The minimum Gasteiger partial charge on any atom is -0.327 e. The summed E-state index contributed by atoms with van der Waals surface area (Å²) in [5, 5.41) is 3.63. The van der Waals surface area contributed by atoms with Crippen LogP contribution in [0.15, 0.2) is 0 Å². The summed E-state index contributed by atoms with van der Waals surface area (Å²) in [6.07, 6.45) is 8.24. The molecule has 0 aromatic rings. The van der Waals surface area contributed by atoms with Gasteiger partial charge in [-0.05, 0) is 56.5 Å². The van der Waals surface area contributed by atoms with Crippen LogP contribution in [0.5, 0.6) is 0 Å². The average molecular weight is 210 g/mol. The van der Waals surface area contributed by atoms with Gasteiger partial charge < -0.3 is 11.1 Å². The SMILES string of the molecule is CC(CNCC1CCCCC1N)C1CC1. The number of hydrogen-bond donors (Lipinski definition) is 2. The van der Waals surface area contributed by atoms with Crippen molar-refractivity contribution >= 4 is 0 Å². The molecule has 2 aliphatic carbocycles. The quantitative estimate of drug-likeness (QED) is 0.729. The fourth-order valence-corrected chi connectivity index (χ4v) is 2.82. The van der Waals surface area contributed by atoms with Crippen molar-refractivity contribution in [3.05, 3.63) is 0 Å². The Hall–Kier alpha value is -0.0800. The second-order valence-corrected chi connectivity index (χ2v) is 5.68. The molecule has 3 N–H and O–H groups in total. The maximum Gasteiger partial charge on any atom is 0.00792 e. The van der Waals surface area contributed by atoms with Crippen LogP contribution in [0.2, 0.25) is 0 Å². The highest BCUT2D eigenvalue weighted by Gasteiger charge is 2.28. The van der Waals surface area contributed by atoms with Gasteiger partial charge in [0.15, 0.2) is 0 Å². The molecule has 0 aromatic heterocycles. The van der Waals surface area contributed by atoms with E-state index < -0.39 is 0 Å². The van der Waals surface area contributed by atoms with E-state index in [1.54, 1.807) is 0 Å². The van der Waals surface area contributed by atoms with Gasteiger partial charge in [-0.15, -0.1) is 0 Å². The maximum atomic E-state index is 6.13. The number of rotatable bonds is 5. The topological polar surface area (TPSA) is 38.0 Å². The molecule has 0 spiro atoms. The van der Waals surface area contributed by atoms with Crippen molar-refractivity contribution in [3.63, 3.8) is 0 Å². The first-order valence-corrected chi connectivity index (χ1v) is 6.73. The van der Waals surface area contributed by atoms with Crippen LogP contribution in [0.3, 0.4) is 0 Å². The Balaban J connectivity index is 1.59. The molecule has 3 atom stereocenters. The van der Waals surface area contributed by atoms with Gasteiger partial charge in [0.2, 0.25) is 0 Å². The molecule has 2 aliphatic rings. The third-order valence-electron chi connectivity index (χ3n) is 4.27. The lowest BCUT2D eigenvalue weighted by molar-refractivity contribution is 0.289. The van der Waals surface area contributed by atoms with Crippen LogP contribution in [0.1, 0.15) is 45.4 Å². The Bertz CT molecular complexity index is 189. The van der Waals surface area contributed by atoms with Crippen molar-refractivity contribution < 1.29 is 0 Å². The van der Waals surface area contributed by atoms with Gasteiger partial charge in [-0.2, -0.15) is 0 Å². The van der Waals surface area contributed by atoms with Gasteiger partial charge >= 0.3 is 0 Å². The summed E-state index contributed by atoms with van der Waals surface area (Å²) in [5.41, 5.74) is 6.13. The van der Waals surface area contributed by atoms with Gasteiger partial charge in [-0.1, -0.05) is 19.8 Å². The van der Waals surface area contributed by atoms with Crippen LogP contribution in [0.25, 0.3) is 0 Å². The molecule has 0 saturated heterocycles. The van der Waals surface area contributed by atoms with Crippen molar-refractivity contribution in [2.75, 3.05) is 13.1 Å². The van der Waals surface area contributed by atoms with Crippen LogP contribution < -0.4 is 11.1 Å². The monoisotopic (exact) mass is 210 g/mol. The molecular weight excluding hydrogens is 184 g/mol. The van der Waals surface area contributed by atoms with Gasteiger partial charge in [-0.25, -0.2) is 0 Å². The first kappa shape index (κ1) is 11.4. The standard InChI is InChI=1S/C13H26N2/c1-10(11-6-7-11)8-15-9-12-4-2-3-5-13(12)14/h10-13,15H,2-9,14H2,1H3. The van der Waals surface area contributed by atoms with Gasteiger partial charge in [-0.3, -0.25) is 0 Å². The van der Waals surface area contributed by atoms with E-state index in [-0.39, 0.29) is 0 Å². The summed E-state index contributed by atoms with van der Waals surface area (Å²) < 4.78 is 0. The molecule has 2 rings (SSSR count). The van der Waals surface area contributed by atoms with Crippen molar-refractivity contribution in [1.82, 2.24) is 5.32 Å². The molecule has 0 aromatic carbocycles.